The summed E-state index contributed by atoms with van der Waals surface area (Å²) in [4.78, 5) is 31.1. The van der Waals surface area contributed by atoms with Gasteiger partial charge < -0.3 is 14.6 Å². The molecule has 0 unspecified atom stereocenters. The number of nitrogens with zero attached hydrogens (tertiary/aromatic N) is 2. The van der Waals surface area contributed by atoms with Crippen LogP contribution in [0.2, 0.25) is 0 Å². The van der Waals surface area contributed by atoms with Crippen molar-refractivity contribution >= 4 is 17.9 Å². The molecule has 2 amide bonds. The molecule has 2 aromatic heterocycles. The lowest BCUT2D eigenvalue weighted by Crippen LogP contribution is -2.38. The number of carbonyl (C=O) groups is 2. The quantitative estimate of drug-likeness (QED) is 0.869. The highest BCUT2D eigenvalue weighted by molar-refractivity contribution is 6.04. The Hall–Kier alpha value is -2.89. The number of rotatable bonds is 4. The summed E-state index contributed by atoms with van der Waals surface area (Å²) in [5, 5.41) is 2.69. The van der Waals surface area contributed by atoms with E-state index in [-0.39, 0.29) is 17.4 Å². The van der Waals surface area contributed by atoms with Gasteiger partial charge in [0, 0.05) is 25.5 Å². The third-order valence-electron chi connectivity index (χ3n) is 4.11. The minimum Gasteiger partial charge on any atom is -0.459 e. The molecule has 0 radical (unpaired) electrons. The second-order valence-electron chi connectivity index (χ2n) is 5.98. The van der Waals surface area contributed by atoms with Gasteiger partial charge in [0.2, 0.25) is 0 Å². The first-order valence-corrected chi connectivity index (χ1v) is 8.50. The highest BCUT2D eigenvalue weighted by Crippen LogP contribution is 2.14. The first-order chi connectivity index (χ1) is 12.2. The smallest absolute Gasteiger partial charge is 0.291 e. The Balaban J connectivity index is 1.84. The van der Waals surface area contributed by atoms with Gasteiger partial charge >= 0.3 is 0 Å². The van der Waals surface area contributed by atoms with Crippen molar-refractivity contribution in [1.29, 1.82) is 0 Å². The lowest BCUT2D eigenvalue weighted by Gasteiger charge is -2.22. The van der Waals surface area contributed by atoms with E-state index in [1.54, 1.807) is 41.6 Å². The predicted octanol–water partition coefficient (Wildman–Crippen LogP) is 2.85. The van der Waals surface area contributed by atoms with Crippen LogP contribution in [-0.4, -0.2) is 34.8 Å². The van der Waals surface area contributed by atoms with Gasteiger partial charge in [0.05, 0.1) is 6.26 Å². The van der Waals surface area contributed by atoms with Crippen molar-refractivity contribution in [2.24, 2.45) is 0 Å². The molecule has 1 fully saturated rings. The topological polar surface area (TPSA) is 75.4 Å². The largest absolute Gasteiger partial charge is 0.459 e. The normalized spacial score (nSPS) is 15.5. The van der Waals surface area contributed by atoms with Crippen LogP contribution >= 0.6 is 0 Å². The number of carbonyl (C=O) groups excluding carboxylic acids is 2. The zero-order chi connectivity index (χ0) is 17.5. The zero-order valence-corrected chi connectivity index (χ0v) is 14.0. The summed E-state index contributed by atoms with van der Waals surface area (Å²) in [5.41, 5.74) is 0.983. The monoisotopic (exact) mass is 339 g/mol. The molecule has 0 aliphatic carbocycles. The summed E-state index contributed by atoms with van der Waals surface area (Å²) >= 11 is 0. The fourth-order valence-electron chi connectivity index (χ4n) is 2.82. The van der Waals surface area contributed by atoms with Gasteiger partial charge in [-0.15, -0.1) is 0 Å². The van der Waals surface area contributed by atoms with E-state index in [1.807, 2.05) is 6.07 Å². The second-order valence-corrected chi connectivity index (χ2v) is 5.98. The number of pyridine rings is 1. The highest BCUT2D eigenvalue weighted by atomic mass is 16.3. The standard InChI is InChI=1S/C19H21N3O3/c23-18(17-8-6-12-25-17)21-16(13-15-7-5-9-20-14-15)19(24)22-10-3-1-2-4-11-22/h5-9,12-14H,1-4,10-11H2,(H,21,23)/b16-13-. The van der Waals surface area contributed by atoms with Gasteiger partial charge in [-0.25, -0.2) is 0 Å². The molecule has 0 atom stereocenters. The van der Waals surface area contributed by atoms with E-state index in [9.17, 15) is 9.59 Å². The van der Waals surface area contributed by atoms with Gasteiger partial charge in [0.15, 0.2) is 5.76 Å². The molecule has 1 N–H and O–H groups in total. The fourth-order valence-corrected chi connectivity index (χ4v) is 2.82. The first-order valence-electron chi connectivity index (χ1n) is 8.50. The SMILES string of the molecule is O=C(N/C(=C\c1cccnc1)C(=O)N1CCCCCC1)c1ccco1. The van der Waals surface area contributed by atoms with Gasteiger partial charge in [0.25, 0.3) is 11.8 Å². The third-order valence-corrected chi connectivity index (χ3v) is 4.11. The van der Waals surface area contributed by atoms with Crippen LogP contribution in [-0.2, 0) is 4.79 Å². The summed E-state index contributed by atoms with van der Waals surface area (Å²) in [6.45, 7) is 1.42. The molecule has 1 aliphatic heterocycles. The van der Waals surface area contributed by atoms with E-state index >= 15 is 0 Å². The van der Waals surface area contributed by atoms with Crippen molar-refractivity contribution in [3.63, 3.8) is 0 Å². The van der Waals surface area contributed by atoms with E-state index in [4.69, 9.17) is 4.42 Å². The maximum atomic E-state index is 13.0. The Morgan fingerprint density at radius 3 is 2.56 bits per heavy atom. The van der Waals surface area contributed by atoms with Crippen LogP contribution in [0.1, 0.15) is 41.8 Å². The minimum absolute atomic E-state index is 0.167. The van der Waals surface area contributed by atoms with Gasteiger partial charge in [-0.3, -0.25) is 14.6 Å². The lowest BCUT2D eigenvalue weighted by atomic mass is 10.2. The molecule has 3 heterocycles. The Labute approximate surface area is 146 Å². The number of hydrogen-bond acceptors (Lipinski definition) is 4. The Bertz CT molecular complexity index is 731. The highest BCUT2D eigenvalue weighted by Gasteiger charge is 2.22. The molecule has 0 bridgehead atoms. The summed E-state index contributed by atoms with van der Waals surface area (Å²) in [7, 11) is 0. The molecule has 2 aromatic rings. The van der Waals surface area contributed by atoms with E-state index in [1.165, 1.54) is 6.26 Å². The van der Waals surface area contributed by atoms with Gasteiger partial charge in [-0.1, -0.05) is 18.9 Å². The van der Waals surface area contributed by atoms with Crippen molar-refractivity contribution < 1.29 is 14.0 Å². The van der Waals surface area contributed by atoms with Crippen LogP contribution in [0, 0.1) is 0 Å². The van der Waals surface area contributed by atoms with Crippen LogP contribution in [0.5, 0.6) is 0 Å². The number of nitrogens with one attached hydrogen (secondary N) is 1. The minimum atomic E-state index is -0.441. The molecule has 6 heteroatoms. The van der Waals surface area contributed by atoms with Crippen LogP contribution in [0.4, 0.5) is 0 Å². The van der Waals surface area contributed by atoms with Crippen LogP contribution in [0.3, 0.4) is 0 Å². The molecular weight excluding hydrogens is 318 g/mol. The molecule has 0 spiro atoms. The number of amides is 2. The van der Waals surface area contributed by atoms with Crippen LogP contribution in [0.25, 0.3) is 6.08 Å². The first kappa shape index (κ1) is 17.0. The van der Waals surface area contributed by atoms with E-state index in [2.05, 4.69) is 10.3 Å². The average Bonchev–Trinajstić information content (AvgIpc) is 3.04. The number of hydrogen-bond donors (Lipinski definition) is 1. The number of likely N-dealkylation sites (tertiary alicyclic amines) is 1. The van der Waals surface area contributed by atoms with Crippen molar-refractivity contribution in [1.82, 2.24) is 15.2 Å². The average molecular weight is 339 g/mol. The maximum absolute atomic E-state index is 13.0. The molecule has 25 heavy (non-hydrogen) atoms. The Kier molecular flexibility index (Phi) is 5.61. The number of aromatic nitrogens is 1. The van der Waals surface area contributed by atoms with Gasteiger partial charge in [-0.05, 0) is 42.7 Å². The van der Waals surface area contributed by atoms with E-state index in [0.717, 1.165) is 31.2 Å². The summed E-state index contributed by atoms with van der Waals surface area (Å²) < 4.78 is 5.12. The van der Waals surface area contributed by atoms with Crippen molar-refractivity contribution in [3.8, 4) is 0 Å². The van der Waals surface area contributed by atoms with Crippen LogP contribution in [0.15, 0.2) is 53.0 Å². The van der Waals surface area contributed by atoms with Crippen LogP contribution < -0.4 is 5.32 Å². The summed E-state index contributed by atoms with van der Waals surface area (Å²) in [6, 6.07) is 6.82. The Morgan fingerprint density at radius 1 is 1.12 bits per heavy atom. The van der Waals surface area contributed by atoms with Gasteiger partial charge in [0.1, 0.15) is 5.70 Å². The van der Waals surface area contributed by atoms with Gasteiger partial charge in [-0.2, -0.15) is 0 Å². The van der Waals surface area contributed by atoms with Crippen molar-refractivity contribution in [2.75, 3.05) is 13.1 Å². The molecular formula is C19H21N3O3. The van der Waals surface area contributed by atoms with Crippen molar-refractivity contribution in [2.45, 2.75) is 25.7 Å². The van der Waals surface area contributed by atoms with E-state index < -0.39 is 5.91 Å². The molecule has 130 valence electrons. The fraction of sp³-hybridized carbons (Fsp3) is 0.316. The summed E-state index contributed by atoms with van der Waals surface area (Å²) in [5.74, 6) is -0.449. The molecule has 1 aliphatic rings. The zero-order valence-electron chi connectivity index (χ0n) is 14.0. The molecule has 0 saturated carbocycles. The lowest BCUT2D eigenvalue weighted by molar-refractivity contribution is -0.127. The molecule has 1 saturated heterocycles. The van der Waals surface area contributed by atoms with E-state index in [0.29, 0.717) is 13.1 Å². The molecule has 6 nitrogen and oxygen atoms in total. The van der Waals surface area contributed by atoms with Crippen molar-refractivity contribution in [3.05, 3.63) is 59.9 Å². The maximum Gasteiger partial charge on any atom is 0.291 e. The molecule has 0 aromatic carbocycles. The summed E-state index contributed by atoms with van der Waals surface area (Å²) in [6.07, 6.45) is 10.6. The Morgan fingerprint density at radius 2 is 1.92 bits per heavy atom. The third kappa shape index (κ3) is 4.56. The number of furan rings is 1. The molecule has 3 rings (SSSR count). The second kappa shape index (κ2) is 8.28. The predicted molar refractivity (Wildman–Crippen MR) is 93.4 cm³/mol.